The van der Waals surface area contributed by atoms with Gasteiger partial charge in [0, 0.05) is 26.5 Å². The first-order valence-electron chi connectivity index (χ1n) is 3.39. The van der Waals surface area contributed by atoms with Crippen LogP contribution in [0, 0.1) is 0 Å². The van der Waals surface area contributed by atoms with Gasteiger partial charge in [0.1, 0.15) is 0 Å². The summed E-state index contributed by atoms with van der Waals surface area (Å²) in [5.41, 5.74) is 0.925. The highest BCUT2D eigenvalue weighted by Gasteiger charge is 1.83. The van der Waals surface area contributed by atoms with Crippen molar-refractivity contribution < 1.29 is 0 Å². The molecular weight excluding hydrogens is 138 g/mol. The quantitative estimate of drug-likeness (QED) is 0.468. The Bertz CT molecular complexity index is 228. The van der Waals surface area contributed by atoms with Crippen molar-refractivity contribution >= 4 is 12.0 Å². The highest BCUT2D eigenvalue weighted by molar-refractivity contribution is 5.60. The highest BCUT2D eigenvalue weighted by Crippen LogP contribution is 2.06. The fourth-order valence-corrected chi connectivity index (χ4v) is 0.612. The summed E-state index contributed by atoms with van der Waals surface area (Å²) in [7, 11) is 3.87. The molecule has 0 aliphatic rings. The topological polar surface area (TPSA) is 28.5 Å². The Balaban J connectivity index is 2.65. The van der Waals surface area contributed by atoms with Gasteiger partial charge in [-0.1, -0.05) is 0 Å². The van der Waals surface area contributed by atoms with Crippen LogP contribution in [-0.2, 0) is 0 Å². The molecule has 0 aliphatic heterocycles. The van der Waals surface area contributed by atoms with Gasteiger partial charge in [0.15, 0.2) is 0 Å². The van der Waals surface area contributed by atoms with Crippen LogP contribution in [0.3, 0.4) is 0 Å². The fraction of sp³-hybridized carbons (Fsp3) is 0.250. The summed E-state index contributed by atoms with van der Waals surface area (Å²) in [5, 5.41) is 0. The summed E-state index contributed by atoms with van der Waals surface area (Å²) in [6.45, 7) is 0. The van der Waals surface area contributed by atoms with Gasteiger partial charge in [-0.3, -0.25) is 4.98 Å². The van der Waals surface area contributed by atoms with Gasteiger partial charge >= 0.3 is 0 Å². The van der Waals surface area contributed by atoms with E-state index in [-0.39, 0.29) is 0 Å². The monoisotopic (exact) mass is 149 g/mol. The van der Waals surface area contributed by atoms with Crippen LogP contribution in [0.4, 0.5) is 5.69 Å². The maximum Gasteiger partial charge on any atom is 0.0907 e. The minimum absolute atomic E-state index is 0.925. The molecule has 0 atom stereocenters. The zero-order valence-corrected chi connectivity index (χ0v) is 6.73. The number of nitrogens with zero attached hydrogens (tertiary/aromatic N) is 3. The predicted octanol–water partition coefficient (Wildman–Crippen LogP) is 1.30. The maximum atomic E-state index is 4.17. The SMILES string of the molecule is CN(C)/C=N/c1ccncc1. The van der Waals surface area contributed by atoms with Crippen LogP contribution in [0.1, 0.15) is 0 Å². The molecule has 0 radical (unpaired) electrons. The second-order valence-electron chi connectivity index (χ2n) is 2.41. The van der Waals surface area contributed by atoms with E-state index in [9.17, 15) is 0 Å². The zero-order valence-electron chi connectivity index (χ0n) is 6.73. The number of hydrogen-bond donors (Lipinski definition) is 0. The number of aromatic nitrogens is 1. The Hall–Kier alpha value is -1.38. The molecular formula is C8H11N3. The molecule has 3 heteroatoms. The lowest BCUT2D eigenvalue weighted by Crippen LogP contribution is -2.06. The second kappa shape index (κ2) is 3.71. The van der Waals surface area contributed by atoms with Gasteiger partial charge in [-0.2, -0.15) is 0 Å². The van der Waals surface area contributed by atoms with E-state index in [0.29, 0.717) is 0 Å². The van der Waals surface area contributed by atoms with Crippen molar-refractivity contribution in [2.24, 2.45) is 4.99 Å². The van der Waals surface area contributed by atoms with E-state index in [0.717, 1.165) is 5.69 Å². The van der Waals surface area contributed by atoms with Crippen molar-refractivity contribution in [1.82, 2.24) is 9.88 Å². The van der Waals surface area contributed by atoms with Gasteiger partial charge in [0.2, 0.25) is 0 Å². The maximum absolute atomic E-state index is 4.17. The normalized spacial score (nSPS) is 10.4. The van der Waals surface area contributed by atoms with E-state index in [4.69, 9.17) is 0 Å². The summed E-state index contributed by atoms with van der Waals surface area (Å²) in [5.74, 6) is 0. The first-order valence-corrected chi connectivity index (χ1v) is 3.39. The molecule has 0 spiro atoms. The Kier molecular flexibility index (Phi) is 2.60. The van der Waals surface area contributed by atoms with Crippen molar-refractivity contribution in [2.45, 2.75) is 0 Å². The molecule has 0 bridgehead atoms. The predicted molar refractivity (Wildman–Crippen MR) is 46.1 cm³/mol. The third-order valence-electron chi connectivity index (χ3n) is 1.10. The van der Waals surface area contributed by atoms with E-state index >= 15 is 0 Å². The van der Waals surface area contributed by atoms with E-state index < -0.39 is 0 Å². The Morgan fingerprint density at radius 3 is 2.55 bits per heavy atom. The minimum atomic E-state index is 0.925. The lowest BCUT2D eigenvalue weighted by atomic mass is 10.4. The molecule has 0 fully saturated rings. The average molecular weight is 149 g/mol. The summed E-state index contributed by atoms with van der Waals surface area (Å²) in [4.78, 5) is 9.94. The van der Waals surface area contributed by atoms with E-state index in [1.54, 1.807) is 18.7 Å². The second-order valence-corrected chi connectivity index (χ2v) is 2.41. The Morgan fingerprint density at radius 2 is 2.00 bits per heavy atom. The van der Waals surface area contributed by atoms with Crippen LogP contribution in [0.5, 0.6) is 0 Å². The molecule has 3 nitrogen and oxygen atoms in total. The molecule has 0 unspecified atom stereocenters. The molecule has 1 rings (SSSR count). The molecule has 0 aromatic carbocycles. The number of aliphatic imine (C=N–C) groups is 1. The van der Waals surface area contributed by atoms with Crippen LogP contribution >= 0.6 is 0 Å². The van der Waals surface area contributed by atoms with Gasteiger partial charge in [0.25, 0.3) is 0 Å². The molecule has 0 amide bonds. The number of hydrogen-bond acceptors (Lipinski definition) is 2. The fourth-order valence-electron chi connectivity index (χ4n) is 0.612. The lowest BCUT2D eigenvalue weighted by Gasteiger charge is -2.01. The zero-order chi connectivity index (χ0) is 8.10. The van der Waals surface area contributed by atoms with Crippen molar-refractivity contribution in [2.75, 3.05) is 14.1 Å². The van der Waals surface area contributed by atoms with E-state index in [1.807, 2.05) is 31.1 Å². The smallest absolute Gasteiger partial charge is 0.0907 e. The summed E-state index contributed by atoms with van der Waals surface area (Å²) in [6, 6.07) is 3.72. The molecule has 0 N–H and O–H groups in total. The van der Waals surface area contributed by atoms with Gasteiger partial charge in [-0.05, 0) is 12.1 Å². The largest absolute Gasteiger partial charge is 0.369 e. The van der Waals surface area contributed by atoms with Crippen LogP contribution in [0.2, 0.25) is 0 Å². The van der Waals surface area contributed by atoms with Gasteiger partial charge in [-0.15, -0.1) is 0 Å². The molecule has 11 heavy (non-hydrogen) atoms. The van der Waals surface area contributed by atoms with Gasteiger partial charge in [-0.25, -0.2) is 4.99 Å². The minimum Gasteiger partial charge on any atom is -0.369 e. The van der Waals surface area contributed by atoms with E-state index in [1.165, 1.54) is 0 Å². The van der Waals surface area contributed by atoms with E-state index in [2.05, 4.69) is 9.98 Å². The molecule has 0 saturated carbocycles. The van der Waals surface area contributed by atoms with Crippen LogP contribution < -0.4 is 0 Å². The first-order chi connectivity index (χ1) is 5.29. The number of rotatable bonds is 2. The third kappa shape index (κ3) is 2.80. The van der Waals surface area contributed by atoms with Crippen LogP contribution in [-0.4, -0.2) is 30.3 Å². The summed E-state index contributed by atoms with van der Waals surface area (Å²) < 4.78 is 0. The average Bonchev–Trinajstić information content (AvgIpc) is 2.03. The van der Waals surface area contributed by atoms with Gasteiger partial charge < -0.3 is 4.90 Å². The summed E-state index contributed by atoms with van der Waals surface area (Å²) in [6.07, 6.45) is 5.21. The van der Waals surface area contributed by atoms with Crippen molar-refractivity contribution in [3.8, 4) is 0 Å². The highest BCUT2D eigenvalue weighted by atomic mass is 15.1. The van der Waals surface area contributed by atoms with Crippen molar-refractivity contribution in [3.63, 3.8) is 0 Å². The molecule has 0 saturated heterocycles. The van der Waals surface area contributed by atoms with Gasteiger partial charge in [0.05, 0.1) is 12.0 Å². The third-order valence-corrected chi connectivity index (χ3v) is 1.10. The Labute approximate surface area is 66.4 Å². The number of pyridine rings is 1. The van der Waals surface area contributed by atoms with Crippen molar-refractivity contribution in [1.29, 1.82) is 0 Å². The Morgan fingerprint density at radius 1 is 1.36 bits per heavy atom. The van der Waals surface area contributed by atoms with Crippen LogP contribution in [0.25, 0.3) is 0 Å². The lowest BCUT2D eigenvalue weighted by molar-refractivity contribution is 0.643. The molecule has 58 valence electrons. The molecule has 0 aliphatic carbocycles. The molecule has 1 heterocycles. The molecule has 1 aromatic rings. The van der Waals surface area contributed by atoms with Crippen molar-refractivity contribution in [3.05, 3.63) is 24.5 Å². The summed E-state index contributed by atoms with van der Waals surface area (Å²) >= 11 is 0. The first kappa shape index (κ1) is 7.72. The molecule has 1 aromatic heterocycles. The standard InChI is InChI=1S/C8H11N3/c1-11(2)7-10-8-3-5-9-6-4-8/h3-7H,1-2H3/b10-7+. The van der Waals surface area contributed by atoms with Crippen LogP contribution in [0.15, 0.2) is 29.5 Å².